The van der Waals surface area contributed by atoms with Crippen LogP contribution in [0, 0.1) is 6.92 Å². The van der Waals surface area contributed by atoms with Gasteiger partial charge < -0.3 is 10.1 Å². The number of nitrogens with one attached hydrogen (secondary N) is 1. The van der Waals surface area contributed by atoms with Crippen molar-refractivity contribution in [1.82, 2.24) is 9.55 Å². The number of para-hydroxylation sites is 1. The largest absolute Gasteiger partial charge is 0.385 e. The van der Waals surface area contributed by atoms with Crippen LogP contribution in [0.2, 0.25) is 0 Å². The van der Waals surface area contributed by atoms with Crippen molar-refractivity contribution in [2.45, 2.75) is 37.2 Å². The van der Waals surface area contributed by atoms with Crippen molar-refractivity contribution in [3.05, 3.63) is 64.4 Å². The third-order valence-corrected chi connectivity index (χ3v) is 5.58. The zero-order chi connectivity index (χ0) is 20.8. The number of aryl methyl sites for hydroxylation is 1. The number of amides is 1. The Hall–Kier alpha value is -2.64. The van der Waals surface area contributed by atoms with E-state index in [1.165, 1.54) is 11.8 Å². The standard InChI is InChI=1S/C22H25N3O3S/c1-15-8-6-9-17(14-15)23-20(26)16(2)29-22-24-19-11-5-4-10-18(19)21(27)25(22)12-7-13-28-3/h4-6,8-11,14,16H,7,12-13H2,1-3H3,(H,23,26). The summed E-state index contributed by atoms with van der Waals surface area (Å²) < 4.78 is 6.76. The summed E-state index contributed by atoms with van der Waals surface area (Å²) in [5.74, 6) is -0.133. The molecule has 3 rings (SSSR count). The number of thioether (sulfide) groups is 1. The lowest BCUT2D eigenvalue weighted by Gasteiger charge is -2.16. The van der Waals surface area contributed by atoms with Crippen LogP contribution in [0.4, 0.5) is 5.69 Å². The van der Waals surface area contributed by atoms with Gasteiger partial charge in [-0.3, -0.25) is 14.2 Å². The number of aromatic nitrogens is 2. The summed E-state index contributed by atoms with van der Waals surface area (Å²) >= 11 is 1.29. The number of carbonyl (C=O) groups is 1. The number of ether oxygens (including phenoxy) is 1. The van der Waals surface area contributed by atoms with Gasteiger partial charge in [-0.2, -0.15) is 0 Å². The van der Waals surface area contributed by atoms with E-state index in [-0.39, 0.29) is 11.5 Å². The Labute approximate surface area is 174 Å². The van der Waals surface area contributed by atoms with E-state index in [1.807, 2.05) is 56.3 Å². The molecule has 0 saturated carbocycles. The molecule has 1 N–H and O–H groups in total. The van der Waals surface area contributed by atoms with Gasteiger partial charge in [-0.05, 0) is 50.1 Å². The fourth-order valence-electron chi connectivity index (χ4n) is 2.98. The number of nitrogens with zero attached hydrogens (tertiary/aromatic N) is 2. The summed E-state index contributed by atoms with van der Waals surface area (Å²) in [7, 11) is 1.63. The fraction of sp³-hybridized carbons (Fsp3) is 0.318. The van der Waals surface area contributed by atoms with E-state index in [2.05, 4.69) is 10.3 Å². The highest BCUT2D eigenvalue weighted by Crippen LogP contribution is 2.24. The third kappa shape index (κ3) is 5.25. The number of rotatable bonds is 8. The Balaban J connectivity index is 1.85. The van der Waals surface area contributed by atoms with Crippen molar-refractivity contribution in [3.63, 3.8) is 0 Å². The van der Waals surface area contributed by atoms with Gasteiger partial charge in [-0.1, -0.05) is 36.0 Å². The number of methoxy groups -OCH3 is 1. The summed E-state index contributed by atoms with van der Waals surface area (Å²) in [6.07, 6.45) is 0.688. The summed E-state index contributed by atoms with van der Waals surface area (Å²) in [5, 5.41) is 3.63. The van der Waals surface area contributed by atoms with Crippen molar-refractivity contribution < 1.29 is 9.53 Å². The average Bonchev–Trinajstić information content (AvgIpc) is 2.70. The van der Waals surface area contributed by atoms with Crippen LogP contribution in [0.5, 0.6) is 0 Å². The predicted molar refractivity (Wildman–Crippen MR) is 118 cm³/mol. The lowest BCUT2D eigenvalue weighted by atomic mass is 10.2. The zero-order valence-corrected chi connectivity index (χ0v) is 17.7. The number of carbonyl (C=O) groups excluding carboxylic acids is 1. The first-order valence-corrected chi connectivity index (χ1v) is 10.4. The van der Waals surface area contributed by atoms with E-state index in [0.717, 1.165) is 11.3 Å². The molecule has 0 aliphatic carbocycles. The zero-order valence-electron chi connectivity index (χ0n) is 16.8. The highest BCUT2D eigenvalue weighted by Gasteiger charge is 2.19. The van der Waals surface area contributed by atoms with Crippen LogP contribution in [0.15, 0.2) is 58.5 Å². The lowest BCUT2D eigenvalue weighted by molar-refractivity contribution is -0.115. The maximum Gasteiger partial charge on any atom is 0.262 e. The minimum atomic E-state index is -0.419. The monoisotopic (exact) mass is 411 g/mol. The van der Waals surface area contributed by atoms with Crippen LogP contribution >= 0.6 is 11.8 Å². The minimum Gasteiger partial charge on any atom is -0.385 e. The van der Waals surface area contributed by atoms with Crippen LogP contribution < -0.4 is 10.9 Å². The summed E-state index contributed by atoms with van der Waals surface area (Å²) in [6.45, 7) is 4.83. The highest BCUT2D eigenvalue weighted by atomic mass is 32.2. The molecule has 1 amide bonds. The number of anilines is 1. The number of fused-ring (bicyclic) bond motifs is 1. The molecule has 7 heteroatoms. The third-order valence-electron chi connectivity index (χ3n) is 4.49. The van der Waals surface area contributed by atoms with Gasteiger partial charge >= 0.3 is 0 Å². The van der Waals surface area contributed by atoms with Crippen molar-refractivity contribution in [1.29, 1.82) is 0 Å². The second-order valence-electron chi connectivity index (χ2n) is 6.83. The maximum atomic E-state index is 13.0. The predicted octanol–water partition coefficient (Wildman–Crippen LogP) is 3.86. The van der Waals surface area contributed by atoms with E-state index in [9.17, 15) is 9.59 Å². The van der Waals surface area contributed by atoms with E-state index in [0.29, 0.717) is 35.6 Å². The van der Waals surface area contributed by atoms with Gasteiger partial charge in [-0.25, -0.2) is 4.98 Å². The number of hydrogen-bond donors (Lipinski definition) is 1. The topological polar surface area (TPSA) is 73.2 Å². The molecule has 0 spiro atoms. The number of benzene rings is 2. The van der Waals surface area contributed by atoms with E-state index >= 15 is 0 Å². The SMILES string of the molecule is COCCCn1c(SC(C)C(=O)Nc2cccc(C)c2)nc2ccccc2c1=O. The smallest absolute Gasteiger partial charge is 0.262 e. The molecule has 1 heterocycles. The van der Waals surface area contributed by atoms with Gasteiger partial charge in [0.25, 0.3) is 5.56 Å². The van der Waals surface area contributed by atoms with E-state index in [1.54, 1.807) is 17.7 Å². The van der Waals surface area contributed by atoms with E-state index in [4.69, 9.17) is 4.74 Å². The fourth-order valence-corrected chi connectivity index (χ4v) is 3.91. The highest BCUT2D eigenvalue weighted by molar-refractivity contribution is 8.00. The Kier molecular flexibility index (Phi) is 7.06. The molecule has 0 fully saturated rings. The van der Waals surface area contributed by atoms with Gasteiger partial charge in [0.05, 0.1) is 16.2 Å². The maximum absolute atomic E-state index is 13.0. The lowest BCUT2D eigenvalue weighted by Crippen LogP contribution is -2.27. The molecule has 0 aliphatic rings. The van der Waals surface area contributed by atoms with Gasteiger partial charge in [0.1, 0.15) is 0 Å². The Bertz CT molecular complexity index is 1060. The van der Waals surface area contributed by atoms with Crippen molar-refractivity contribution in [3.8, 4) is 0 Å². The van der Waals surface area contributed by atoms with Crippen molar-refractivity contribution in [2.24, 2.45) is 0 Å². The Morgan fingerprint density at radius 1 is 1.24 bits per heavy atom. The molecular formula is C22H25N3O3S. The normalized spacial score (nSPS) is 12.1. The molecule has 3 aromatic rings. The molecule has 0 saturated heterocycles. The van der Waals surface area contributed by atoms with Crippen LogP contribution in [0.1, 0.15) is 18.9 Å². The van der Waals surface area contributed by atoms with Crippen molar-refractivity contribution >= 4 is 34.3 Å². The second-order valence-corrected chi connectivity index (χ2v) is 8.14. The molecule has 1 unspecified atom stereocenters. The molecule has 152 valence electrons. The summed E-state index contributed by atoms with van der Waals surface area (Å²) in [6, 6.07) is 14.9. The Morgan fingerprint density at radius 3 is 2.79 bits per heavy atom. The van der Waals surface area contributed by atoms with Crippen molar-refractivity contribution in [2.75, 3.05) is 19.0 Å². The molecule has 6 nitrogen and oxygen atoms in total. The summed E-state index contributed by atoms with van der Waals surface area (Å²) in [5.41, 5.74) is 2.37. The Morgan fingerprint density at radius 2 is 2.03 bits per heavy atom. The minimum absolute atomic E-state index is 0.0968. The van der Waals surface area contributed by atoms with Gasteiger partial charge in [0.2, 0.25) is 5.91 Å². The average molecular weight is 412 g/mol. The quantitative estimate of drug-likeness (QED) is 0.346. The van der Waals surface area contributed by atoms with Crippen LogP contribution in [0.25, 0.3) is 10.9 Å². The first kappa shape index (κ1) is 21.1. The molecular weight excluding hydrogens is 386 g/mol. The second kappa shape index (κ2) is 9.71. The van der Waals surface area contributed by atoms with E-state index < -0.39 is 5.25 Å². The molecule has 29 heavy (non-hydrogen) atoms. The number of hydrogen-bond acceptors (Lipinski definition) is 5. The molecule has 1 atom stereocenters. The summed E-state index contributed by atoms with van der Waals surface area (Å²) in [4.78, 5) is 30.3. The molecule has 2 aromatic carbocycles. The molecule has 0 radical (unpaired) electrons. The molecule has 1 aromatic heterocycles. The van der Waals surface area contributed by atoms with Gasteiger partial charge in [-0.15, -0.1) is 0 Å². The first-order chi connectivity index (χ1) is 14.0. The van der Waals surface area contributed by atoms with Crippen LogP contribution in [-0.4, -0.2) is 34.4 Å². The van der Waals surface area contributed by atoms with Gasteiger partial charge in [0, 0.05) is 25.9 Å². The molecule has 0 bridgehead atoms. The molecule has 0 aliphatic heterocycles. The van der Waals surface area contributed by atoms with Crippen LogP contribution in [0.3, 0.4) is 0 Å². The first-order valence-electron chi connectivity index (χ1n) is 9.52. The van der Waals surface area contributed by atoms with Gasteiger partial charge in [0.15, 0.2) is 5.16 Å². The van der Waals surface area contributed by atoms with Crippen LogP contribution in [-0.2, 0) is 16.1 Å².